The van der Waals surface area contributed by atoms with Crippen molar-refractivity contribution in [2.75, 3.05) is 31.2 Å². The topological polar surface area (TPSA) is 87.7 Å². The molecular formula is C21H21ClN6O2. The Morgan fingerprint density at radius 3 is 2.70 bits per heavy atom. The number of rotatable bonds is 4. The largest absolute Gasteiger partial charge is 0.422 e. The molecule has 1 atom stereocenters. The first kappa shape index (κ1) is 18.9. The van der Waals surface area contributed by atoms with Crippen LogP contribution in [0.2, 0.25) is 5.02 Å². The number of allylic oxidation sites excluding steroid dienone is 1. The first-order valence-corrected chi connectivity index (χ1v) is 10.2. The molecule has 0 aliphatic carbocycles. The normalized spacial score (nSPS) is 18.9. The fraction of sp³-hybridized carbons (Fsp3) is 0.286. The molecule has 0 saturated carbocycles. The highest BCUT2D eigenvalue weighted by Gasteiger charge is 2.15. The van der Waals surface area contributed by atoms with Crippen molar-refractivity contribution in [3.05, 3.63) is 47.3 Å². The van der Waals surface area contributed by atoms with Crippen LogP contribution in [-0.2, 0) is 4.74 Å². The van der Waals surface area contributed by atoms with Crippen LogP contribution < -0.4 is 15.0 Å². The summed E-state index contributed by atoms with van der Waals surface area (Å²) >= 11 is 6.52. The molecule has 30 heavy (non-hydrogen) atoms. The van der Waals surface area contributed by atoms with Gasteiger partial charge in [0.2, 0.25) is 0 Å². The van der Waals surface area contributed by atoms with Gasteiger partial charge in [0, 0.05) is 30.5 Å². The average Bonchev–Trinajstić information content (AvgIpc) is 3.16. The van der Waals surface area contributed by atoms with Crippen LogP contribution in [0.1, 0.15) is 6.92 Å². The molecule has 1 saturated heterocycles. The number of nitrogens with one attached hydrogen (secondary N) is 2. The molecule has 1 unspecified atom stereocenters. The van der Waals surface area contributed by atoms with Gasteiger partial charge in [-0.15, -0.1) is 0 Å². The lowest BCUT2D eigenvalue weighted by Gasteiger charge is -2.28. The number of imidazole rings is 1. The fourth-order valence-electron chi connectivity index (χ4n) is 3.43. The summed E-state index contributed by atoms with van der Waals surface area (Å²) < 4.78 is 11.2. The number of pyridine rings is 1. The molecule has 1 fully saturated rings. The predicted octanol–water partition coefficient (Wildman–Crippen LogP) is 3.36. The van der Waals surface area contributed by atoms with Crippen LogP contribution in [0.4, 0.5) is 5.69 Å². The molecule has 2 aliphatic rings. The van der Waals surface area contributed by atoms with E-state index in [-0.39, 0.29) is 6.17 Å². The molecule has 4 heterocycles. The summed E-state index contributed by atoms with van der Waals surface area (Å²) in [6.07, 6.45) is 3.45. The van der Waals surface area contributed by atoms with Crippen molar-refractivity contribution in [2.45, 2.75) is 13.1 Å². The highest BCUT2D eigenvalue weighted by atomic mass is 35.5. The van der Waals surface area contributed by atoms with E-state index in [0.29, 0.717) is 33.7 Å². The molecule has 5 rings (SSSR count). The van der Waals surface area contributed by atoms with E-state index in [1.54, 1.807) is 12.4 Å². The first-order valence-electron chi connectivity index (χ1n) is 9.82. The molecule has 1 aromatic carbocycles. The number of benzene rings is 1. The van der Waals surface area contributed by atoms with E-state index in [1.807, 2.05) is 25.1 Å². The van der Waals surface area contributed by atoms with Crippen LogP contribution in [0.5, 0.6) is 6.01 Å². The van der Waals surface area contributed by atoms with Gasteiger partial charge >= 0.3 is 6.01 Å². The summed E-state index contributed by atoms with van der Waals surface area (Å²) in [7, 11) is 0. The molecule has 0 amide bonds. The predicted molar refractivity (Wildman–Crippen MR) is 117 cm³/mol. The quantitative estimate of drug-likeness (QED) is 0.667. The molecule has 0 spiro atoms. The minimum absolute atomic E-state index is 0.0330. The van der Waals surface area contributed by atoms with Gasteiger partial charge in [0.05, 0.1) is 35.7 Å². The minimum Gasteiger partial charge on any atom is -0.422 e. The van der Waals surface area contributed by atoms with Crippen LogP contribution >= 0.6 is 11.6 Å². The van der Waals surface area contributed by atoms with E-state index < -0.39 is 0 Å². The molecule has 3 aromatic rings. The minimum atomic E-state index is 0.0330. The van der Waals surface area contributed by atoms with Gasteiger partial charge in [-0.05, 0) is 25.1 Å². The lowest BCUT2D eigenvalue weighted by Crippen LogP contribution is -2.36. The summed E-state index contributed by atoms with van der Waals surface area (Å²) in [6.45, 7) is 5.26. The summed E-state index contributed by atoms with van der Waals surface area (Å²) in [6, 6.07) is 10.4. The number of anilines is 1. The van der Waals surface area contributed by atoms with Gasteiger partial charge in [-0.25, -0.2) is 4.98 Å². The van der Waals surface area contributed by atoms with Crippen molar-refractivity contribution in [3.63, 3.8) is 0 Å². The van der Waals surface area contributed by atoms with Gasteiger partial charge < -0.3 is 24.7 Å². The Morgan fingerprint density at radius 2 is 1.97 bits per heavy atom. The zero-order chi connectivity index (χ0) is 20.5. The lowest BCUT2D eigenvalue weighted by molar-refractivity contribution is 0.122. The number of H-pyrrole nitrogens is 1. The molecule has 2 aliphatic heterocycles. The molecular weight excluding hydrogens is 404 g/mol. The van der Waals surface area contributed by atoms with Crippen LogP contribution in [0, 0.1) is 0 Å². The molecule has 0 radical (unpaired) electrons. The monoisotopic (exact) mass is 424 g/mol. The second-order valence-electron chi connectivity index (χ2n) is 7.15. The summed E-state index contributed by atoms with van der Waals surface area (Å²) in [5.41, 5.74) is 4.03. The Bertz CT molecular complexity index is 1120. The third-order valence-corrected chi connectivity index (χ3v) is 5.32. The van der Waals surface area contributed by atoms with Gasteiger partial charge in [0.25, 0.3) is 0 Å². The van der Waals surface area contributed by atoms with Crippen LogP contribution in [0.3, 0.4) is 0 Å². The maximum Gasteiger partial charge on any atom is 0.301 e. The summed E-state index contributed by atoms with van der Waals surface area (Å²) in [4.78, 5) is 18.8. The van der Waals surface area contributed by atoms with E-state index in [0.717, 1.165) is 31.9 Å². The Hall–Kier alpha value is -3.10. The number of nitrogens with zero attached hydrogens (tertiary/aromatic N) is 4. The van der Waals surface area contributed by atoms with Crippen LogP contribution in [0.15, 0.2) is 47.3 Å². The second kappa shape index (κ2) is 7.97. The van der Waals surface area contributed by atoms with E-state index in [1.165, 1.54) is 5.69 Å². The number of morpholine rings is 1. The molecule has 2 aromatic heterocycles. The molecule has 154 valence electrons. The number of aromatic nitrogens is 3. The number of aliphatic imine (C=N–C) groups is 1. The number of hydrogen-bond donors (Lipinski definition) is 2. The molecule has 2 N–H and O–H groups in total. The second-order valence-corrected chi connectivity index (χ2v) is 7.55. The van der Waals surface area contributed by atoms with Crippen molar-refractivity contribution >= 4 is 34.7 Å². The van der Waals surface area contributed by atoms with Crippen molar-refractivity contribution in [3.8, 4) is 17.3 Å². The standard InChI is InChI=1S/C21H21ClN6O2/c1-13-23-11-16(12-24-13)30-21-25-18-10-17(22)19(26-20(18)27-21)14-2-4-15(5-3-14)28-6-8-29-9-7-28/h2-5,10-13,23H,6-9H2,1H3,(H,25,26,27). The Balaban J connectivity index is 1.39. The SMILES string of the molecule is CC1N=CC(Oc2nc3nc(-c4ccc(N5CCOCC5)cc4)c(Cl)cc3[nH]2)=CN1. The zero-order valence-corrected chi connectivity index (χ0v) is 17.2. The number of aromatic amines is 1. The Kier molecular flexibility index (Phi) is 5.02. The molecule has 8 nitrogen and oxygen atoms in total. The third kappa shape index (κ3) is 3.83. The van der Waals surface area contributed by atoms with Gasteiger partial charge in [-0.1, -0.05) is 23.7 Å². The Labute approximate surface area is 178 Å². The maximum absolute atomic E-state index is 6.52. The lowest BCUT2D eigenvalue weighted by atomic mass is 10.1. The van der Waals surface area contributed by atoms with E-state index in [4.69, 9.17) is 21.1 Å². The number of halogens is 1. The van der Waals surface area contributed by atoms with Gasteiger partial charge in [-0.2, -0.15) is 4.98 Å². The average molecular weight is 425 g/mol. The van der Waals surface area contributed by atoms with E-state index in [2.05, 4.69) is 42.3 Å². The summed E-state index contributed by atoms with van der Waals surface area (Å²) in [5.74, 6) is 0.567. The highest BCUT2D eigenvalue weighted by Crippen LogP contribution is 2.31. The zero-order valence-electron chi connectivity index (χ0n) is 16.4. The number of ether oxygens (including phenoxy) is 2. The summed E-state index contributed by atoms with van der Waals surface area (Å²) in [5, 5.41) is 3.63. The molecule has 0 bridgehead atoms. The smallest absolute Gasteiger partial charge is 0.301 e. The van der Waals surface area contributed by atoms with Crippen molar-refractivity contribution in [2.24, 2.45) is 4.99 Å². The number of fused-ring (bicyclic) bond motifs is 1. The fourth-order valence-corrected chi connectivity index (χ4v) is 3.69. The third-order valence-electron chi connectivity index (χ3n) is 5.03. The van der Waals surface area contributed by atoms with E-state index in [9.17, 15) is 0 Å². The van der Waals surface area contributed by atoms with Crippen molar-refractivity contribution in [1.29, 1.82) is 0 Å². The van der Waals surface area contributed by atoms with Crippen molar-refractivity contribution < 1.29 is 9.47 Å². The van der Waals surface area contributed by atoms with Crippen LogP contribution in [0.25, 0.3) is 22.4 Å². The van der Waals surface area contributed by atoms with Crippen LogP contribution in [-0.4, -0.2) is 53.6 Å². The van der Waals surface area contributed by atoms with Gasteiger partial charge in [-0.3, -0.25) is 4.99 Å². The van der Waals surface area contributed by atoms with E-state index >= 15 is 0 Å². The van der Waals surface area contributed by atoms with Gasteiger partial charge in [0.1, 0.15) is 6.17 Å². The van der Waals surface area contributed by atoms with Crippen molar-refractivity contribution in [1.82, 2.24) is 20.3 Å². The Morgan fingerprint density at radius 1 is 1.17 bits per heavy atom. The van der Waals surface area contributed by atoms with Gasteiger partial charge in [0.15, 0.2) is 11.4 Å². The number of hydrogen-bond acceptors (Lipinski definition) is 7. The highest BCUT2D eigenvalue weighted by molar-refractivity contribution is 6.33. The maximum atomic E-state index is 6.52. The molecule has 9 heteroatoms. The first-order chi connectivity index (χ1) is 14.7.